The maximum absolute atomic E-state index is 13.0. The predicted octanol–water partition coefficient (Wildman–Crippen LogP) is 2.46. The van der Waals surface area contributed by atoms with Crippen LogP contribution in [0.1, 0.15) is 36.8 Å². The lowest BCUT2D eigenvalue weighted by molar-refractivity contribution is -0.134. The molecule has 0 aromatic heterocycles. The first-order valence-electron chi connectivity index (χ1n) is 9.80. The molecule has 2 N–H and O–H groups in total. The average molecular weight is 400 g/mol. The lowest BCUT2D eigenvalue weighted by atomic mass is 10.0. The number of rotatable bonds is 6. The fraction of sp³-hybridized carbons (Fsp3) is 0.476. The molecule has 3 aliphatic rings. The molecule has 1 aromatic carbocycles. The van der Waals surface area contributed by atoms with Crippen molar-refractivity contribution in [3.05, 3.63) is 41.0 Å². The third kappa shape index (κ3) is 3.86. The Bertz CT molecular complexity index is 823. The Hall–Kier alpha value is -2.12. The van der Waals surface area contributed by atoms with Crippen LogP contribution in [0.4, 0.5) is 0 Å². The van der Waals surface area contributed by atoms with Crippen LogP contribution >= 0.6 is 11.8 Å². The zero-order valence-corrected chi connectivity index (χ0v) is 16.5. The Balaban J connectivity index is 1.36. The molecule has 1 amide bonds. The van der Waals surface area contributed by atoms with Crippen LogP contribution in [0.3, 0.4) is 0 Å². The lowest BCUT2D eigenvalue weighted by Gasteiger charge is -2.27. The van der Waals surface area contributed by atoms with Gasteiger partial charge >= 0.3 is 0 Å². The van der Waals surface area contributed by atoms with E-state index in [0.717, 1.165) is 25.7 Å². The van der Waals surface area contributed by atoms with Crippen molar-refractivity contribution in [1.82, 2.24) is 10.2 Å². The van der Waals surface area contributed by atoms with Crippen LogP contribution in [0.15, 0.2) is 35.0 Å². The molecule has 2 fully saturated rings. The van der Waals surface area contributed by atoms with Gasteiger partial charge in [0.1, 0.15) is 11.8 Å². The molecule has 1 aromatic rings. The molecule has 0 spiro atoms. The van der Waals surface area contributed by atoms with Crippen LogP contribution in [-0.4, -0.2) is 57.8 Å². The van der Waals surface area contributed by atoms with E-state index in [-0.39, 0.29) is 23.0 Å². The van der Waals surface area contributed by atoms with Gasteiger partial charge in [-0.25, -0.2) is 0 Å². The summed E-state index contributed by atoms with van der Waals surface area (Å²) in [6.07, 6.45) is 7.40. The summed E-state index contributed by atoms with van der Waals surface area (Å²) in [5.41, 5.74) is 3.85. The smallest absolute Gasteiger partial charge is 0.241 e. The van der Waals surface area contributed by atoms with Crippen molar-refractivity contribution in [2.24, 2.45) is 5.16 Å². The number of nitrogens with zero attached hydrogens (tertiary/aromatic N) is 2. The molecule has 4 rings (SSSR count). The minimum Gasteiger partial charge on any atom is -0.411 e. The van der Waals surface area contributed by atoms with Crippen molar-refractivity contribution in [2.75, 3.05) is 12.4 Å². The molecule has 1 aliphatic carbocycles. The van der Waals surface area contributed by atoms with Gasteiger partial charge in [-0.05, 0) is 36.8 Å². The number of fused-ring (bicyclic) bond motifs is 1. The SMILES string of the molecule is O=C(CCC1=Cc2ccccc2C1)C1SCN[C@@H]1C(=O)N1CCC[C@H]1C=NO. The lowest BCUT2D eigenvalue weighted by Crippen LogP contribution is -2.51. The first-order chi connectivity index (χ1) is 13.7. The van der Waals surface area contributed by atoms with E-state index >= 15 is 0 Å². The summed E-state index contributed by atoms with van der Waals surface area (Å²) >= 11 is 1.52. The first-order valence-corrected chi connectivity index (χ1v) is 10.9. The highest BCUT2D eigenvalue weighted by molar-refractivity contribution is 8.00. The molecule has 2 heterocycles. The van der Waals surface area contributed by atoms with Gasteiger partial charge in [0.05, 0.1) is 17.5 Å². The zero-order chi connectivity index (χ0) is 19.5. The first kappa shape index (κ1) is 19.2. The van der Waals surface area contributed by atoms with Gasteiger partial charge in [-0.2, -0.15) is 0 Å². The number of likely N-dealkylation sites (tertiary alicyclic amines) is 1. The van der Waals surface area contributed by atoms with Crippen LogP contribution in [0.5, 0.6) is 0 Å². The third-order valence-electron chi connectivity index (χ3n) is 5.80. The fourth-order valence-corrected chi connectivity index (χ4v) is 5.51. The van der Waals surface area contributed by atoms with Crippen LogP contribution in [0.2, 0.25) is 0 Å². The Morgan fingerprint density at radius 2 is 2.21 bits per heavy atom. The number of nitrogens with one attached hydrogen (secondary N) is 1. The second kappa shape index (κ2) is 8.49. The number of amides is 1. The van der Waals surface area contributed by atoms with Crippen LogP contribution in [0.25, 0.3) is 6.08 Å². The number of carbonyl (C=O) groups excluding carboxylic acids is 2. The van der Waals surface area contributed by atoms with Crippen molar-refractivity contribution in [1.29, 1.82) is 0 Å². The topological polar surface area (TPSA) is 82.0 Å². The van der Waals surface area contributed by atoms with Crippen molar-refractivity contribution in [3.63, 3.8) is 0 Å². The summed E-state index contributed by atoms with van der Waals surface area (Å²) in [5.74, 6) is 0.683. The van der Waals surface area contributed by atoms with E-state index in [1.165, 1.54) is 34.7 Å². The molecule has 7 heteroatoms. The number of allylic oxidation sites excluding steroid dienone is 1. The number of hydrogen-bond acceptors (Lipinski definition) is 6. The molecule has 6 nitrogen and oxygen atoms in total. The Labute approximate surface area is 169 Å². The predicted molar refractivity (Wildman–Crippen MR) is 111 cm³/mol. The van der Waals surface area contributed by atoms with Crippen molar-refractivity contribution in [2.45, 2.75) is 49.4 Å². The number of thioether (sulfide) groups is 1. The molecular formula is C21H25N3O3S. The number of hydrogen-bond donors (Lipinski definition) is 2. The number of oxime groups is 1. The van der Waals surface area contributed by atoms with Crippen LogP contribution in [-0.2, 0) is 16.0 Å². The van der Waals surface area contributed by atoms with E-state index in [0.29, 0.717) is 18.8 Å². The summed E-state index contributed by atoms with van der Waals surface area (Å²) in [6.45, 7) is 0.643. The van der Waals surface area contributed by atoms with E-state index in [9.17, 15) is 9.59 Å². The van der Waals surface area contributed by atoms with Crippen molar-refractivity contribution >= 4 is 35.7 Å². The summed E-state index contributed by atoms with van der Waals surface area (Å²) in [7, 11) is 0. The fourth-order valence-electron chi connectivity index (χ4n) is 4.34. The van der Waals surface area contributed by atoms with Gasteiger partial charge in [-0.15, -0.1) is 11.8 Å². The molecule has 0 bridgehead atoms. The molecule has 1 unspecified atom stereocenters. The molecule has 2 aliphatic heterocycles. The molecule has 148 valence electrons. The molecular weight excluding hydrogens is 374 g/mol. The molecule has 3 atom stereocenters. The average Bonchev–Trinajstić information content (AvgIpc) is 3.44. The van der Waals surface area contributed by atoms with Gasteiger partial charge in [-0.1, -0.05) is 41.1 Å². The van der Waals surface area contributed by atoms with Gasteiger partial charge in [-0.3, -0.25) is 14.9 Å². The number of carbonyl (C=O) groups is 2. The highest BCUT2D eigenvalue weighted by Gasteiger charge is 2.42. The molecule has 0 radical (unpaired) electrons. The zero-order valence-electron chi connectivity index (χ0n) is 15.7. The maximum Gasteiger partial charge on any atom is 0.241 e. The van der Waals surface area contributed by atoms with Gasteiger partial charge in [0.15, 0.2) is 0 Å². The quantitative estimate of drug-likeness (QED) is 0.436. The van der Waals surface area contributed by atoms with Crippen LogP contribution < -0.4 is 5.32 Å². The normalized spacial score (nSPS) is 26.6. The van der Waals surface area contributed by atoms with Gasteiger partial charge in [0.2, 0.25) is 5.91 Å². The molecule has 28 heavy (non-hydrogen) atoms. The van der Waals surface area contributed by atoms with E-state index in [2.05, 4.69) is 28.7 Å². The Kier molecular flexibility index (Phi) is 5.82. The summed E-state index contributed by atoms with van der Waals surface area (Å²) in [5, 5.41) is 14.8. The van der Waals surface area contributed by atoms with Crippen molar-refractivity contribution < 1.29 is 14.8 Å². The second-order valence-corrected chi connectivity index (χ2v) is 8.69. The monoisotopic (exact) mass is 399 g/mol. The second-order valence-electron chi connectivity index (χ2n) is 7.56. The van der Waals surface area contributed by atoms with E-state index in [4.69, 9.17) is 5.21 Å². The van der Waals surface area contributed by atoms with E-state index in [1.54, 1.807) is 4.90 Å². The van der Waals surface area contributed by atoms with Gasteiger partial charge in [0, 0.05) is 18.8 Å². The third-order valence-corrected chi connectivity index (χ3v) is 7.03. The highest BCUT2D eigenvalue weighted by Crippen LogP contribution is 2.30. The van der Waals surface area contributed by atoms with Crippen LogP contribution in [0, 0.1) is 0 Å². The summed E-state index contributed by atoms with van der Waals surface area (Å²) in [4.78, 5) is 27.6. The number of ketones is 1. The standard InChI is InChI=1S/C21H25N3O3S/c25-18(8-7-14-10-15-4-1-2-5-16(15)11-14)20-19(22-13-28-20)21(26)24-9-3-6-17(24)12-23-27/h1-2,4-5,10,12,17,19-20,22,27H,3,6-9,11,13H2/t17-,19-,20?/m0/s1. The minimum atomic E-state index is -0.486. The number of benzene rings is 1. The van der Waals surface area contributed by atoms with Gasteiger partial charge < -0.3 is 10.1 Å². The van der Waals surface area contributed by atoms with E-state index < -0.39 is 6.04 Å². The van der Waals surface area contributed by atoms with Crippen molar-refractivity contribution in [3.8, 4) is 0 Å². The summed E-state index contributed by atoms with van der Waals surface area (Å²) in [6, 6.07) is 7.66. The van der Waals surface area contributed by atoms with E-state index in [1.807, 2.05) is 12.1 Å². The summed E-state index contributed by atoms with van der Waals surface area (Å²) < 4.78 is 0. The largest absolute Gasteiger partial charge is 0.411 e. The molecule has 0 saturated carbocycles. The minimum absolute atomic E-state index is 0.0572. The molecule has 2 saturated heterocycles. The maximum atomic E-state index is 13.0. The Morgan fingerprint density at radius 3 is 3.04 bits per heavy atom. The number of Topliss-reactive ketones (excluding diaryl/α,β-unsaturated/α-hetero) is 1. The highest BCUT2D eigenvalue weighted by atomic mass is 32.2. The van der Waals surface area contributed by atoms with Gasteiger partial charge in [0.25, 0.3) is 0 Å². The Morgan fingerprint density at radius 1 is 1.36 bits per heavy atom.